The molecule has 1 aromatic rings. The topological polar surface area (TPSA) is 83.6 Å². The molecule has 3 aliphatic carbocycles. The standard InChI is InChI=1S/C14H13N5O/c1-14(2,13-16-18-19-17-13)15-12(20)9-4-3-8-10-5-7(10)6-11(8)9/h3-4,6H,5H2,1-2H3,(H,15,20)(H,16,17,18,19). The summed E-state index contributed by atoms with van der Waals surface area (Å²) in [6, 6.07) is 0. The fourth-order valence-electron chi connectivity index (χ4n) is 2.67. The number of allylic oxidation sites excluding steroid dienone is 6. The van der Waals surface area contributed by atoms with Crippen LogP contribution in [0, 0.1) is 0 Å². The van der Waals surface area contributed by atoms with Crippen molar-refractivity contribution in [1.29, 1.82) is 0 Å². The second kappa shape index (κ2) is 3.53. The lowest BCUT2D eigenvalue weighted by Gasteiger charge is -2.22. The molecule has 100 valence electrons. The molecule has 0 saturated heterocycles. The zero-order valence-corrected chi connectivity index (χ0v) is 11.2. The molecule has 0 atom stereocenters. The predicted octanol–water partition coefficient (Wildman–Crippen LogP) is 1.06. The Morgan fingerprint density at radius 3 is 2.95 bits per heavy atom. The van der Waals surface area contributed by atoms with Gasteiger partial charge in [-0.25, -0.2) is 0 Å². The van der Waals surface area contributed by atoms with Crippen molar-refractivity contribution in [3.05, 3.63) is 51.9 Å². The summed E-state index contributed by atoms with van der Waals surface area (Å²) in [6.07, 6.45) is 7.09. The van der Waals surface area contributed by atoms with E-state index in [-0.39, 0.29) is 5.91 Å². The summed E-state index contributed by atoms with van der Waals surface area (Å²) < 4.78 is 0. The van der Waals surface area contributed by atoms with Gasteiger partial charge in [0.25, 0.3) is 5.91 Å². The molecule has 0 spiro atoms. The first kappa shape index (κ1) is 11.3. The summed E-state index contributed by atoms with van der Waals surface area (Å²) in [5, 5.41) is 16.8. The van der Waals surface area contributed by atoms with Crippen LogP contribution in [0.4, 0.5) is 0 Å². The molecule has 1 aromatic heterocycles. The molecule has 0 aliphatic heterocycles. The van der Waals surface area contributed by atoms with Gasteiger partial charge in [-0.3, -0.25) is 4.79 Å². The van der Waals surface area contributed by atoms with Crippen molar-refractivity contribution in [2.24, 2.45) is 0 Å². The van der Waals surface area contributed by atoms with Crippen molar-refractivity contribution in [3.8, 4) is 0 Å². The van der Waals surface area contributed by atoms with Crippen molar-refractivity contribution in [3.63, 3.8) is 0 Å². The van der Waals surface area contributed by atoms with Crippen LogP contribution in [0.5, 0.6) is 0 Å². The number of tetrazole rings is 1. The SMILES string of the molecule is CC(C)(NC(=O)C1=C2C=C3CC3=C2C=C1)c1nn[nH]n1. The van der Waals surface area contributed by atoms with E-state index in [1.165, 1.54) is 16.7 Å². The van der Waals surface area contributed by atoms with Gasteiger partial charge in [0.05, 0.1) is 5.54 Å². The predicted molar refractivity (Wildman–Crippen MR) is 71.2 cm³/mol. The van der Waals surface area contributed by atoms with Gasteiger partial charge in [-0.15, -0.1) is 10.2 Å². The maximum absolute atomic E-state index is 12.5. The third kappa shape index (κ3) is 1.51. The number of aromatic amines is 1. The number of amides is 1. The minimum Gasteiger partial charge on any atom is -0.340 e. The third-order valence-corrected chi connectivity index (χ3v) is 3.85. The molecule has 20 heavy (non-hydrogen) atoms. The van der Waals surface area contributed by atoms with Gasteiger partial charge >= 0.3 is 0 Å². The molecule has 1 amide bonds. The average molecular weight is 267 g/mol. The zero-order valence-electron chi connectivity index (χ0n) is 11.2. The van der Waals surface area contributed by atoms with Crippen LogP contribution in [0.2, 0.25) is 0 Å². The molecular formula is C14H13N5O. The molecule has 0 unspecified atom stereocenters. The van der Waals surface area contributed by atoms with Crippen LogP contribution in [0.15, 0.2) is 46.1 Å². The highest BCUT2D eigenvalue weighted by Gasteiger charge is 2.37. The van der Waals surface area contributed by atoms with E-state index < -0.39 is 5.54 Å². The third-order valence-electron chi connectivity index (χ3n) is 3.85. The number of fused-ring (bicyclic) bond motifs is 2. The van der Waals surface area contributed by atoms with Crippen LogP contribution in [-0.4, -0.2) is 26.5 Å². The van der Waals surface area contributed by atoms with Crippen LogP contribution in [-0.2, 0) is 10.3 Å². The van der Waals surface area contributed by atoms with Gasteiger partial charge in [0.15, 0.2) is 5.82 Å². The number of nitrogens with zero attached hydrogens (tertiary/aromatic N) is 3. The number of hydrogen-bond acceptors (Lipinski definition) is 4. The van der Waals surface area contributed by atoms with E-state index in [1.807, 2.05) is 26.0 Å². The van der Waals surface area contributed by atoms with Crippen molar-refractivity contribution in [1.82, 2.24) is 25.9 Å². The van der Waals surface area contributed by atoms with E-state index in [0.29, 0.717) is 11.4 Å². The van der Waals surface area contributed by atoms with Crippen LogP contribution in [0.25, 0.3) is 0 Å². The van der Waals surface area contributed by atoms with Crippen LogP contribution < -0.4 is 5.32 Å². The Morgan fingerprint density at radius 1 is 1.35 bits per heavy atom. The fourth-order valence-corrected chi connectivity index (χ4v) is 2.67. The number of carbonyl (C=O) groups excluding carboxylic acids is 1. The molecular weight excluding hydrogens is 254 g/mol. The van der Waals surface area contributed by atoms with Gasteiger partial charge in [-0.1, -0.05) is 11.3 Å². The number of nitrogens with one attached hydrogen (secondary N) is 2. The van der Waals surface area contributed by atoms with Gasteiger partial charge in [0, 0.05) is 5.57 Å². The Morgan fingerprint density at radius 2 is 2.20 bits per heavy atom. The quantitative estimate of drug-likeness (QED) is 0.857. The van der Waals surface area contributed by atoms with Gasteiger partial charge in [-0.2, -0.15) is 5.21 Å². The van der Waals surface area contributed by atoms with Crippen molar-refractivity contribution < 1.29 is 4.79 Å². The van der Waals surface area contributed by atoms with E-state index in [1.54, 1.807) is 0 Å². The summed E-state index contributed by atoms with van der Waals surface area (Å²) in [6.45, 7) is 3.70. The van der Waals surface area contributed by atoms with Crippen molar-refractivity contribution in [2.45, 2.75) is 25.8 Å². The normalized spacial score (nSPS) is 19.2. The van der Waals surface area contributed by atoms with E-state index in [4.69, 9.17) is 0 Å². The molecule has 1 fully saturated rings. The smallest absolute Gasteiger partial charge is 0.252 e. The summed E-state index contributed by atoms with van der Waals surface area (Å²) in [5.41, 5.74) is 5.04. The largest absolute Gasteiger partial charge is 0.340 e. The molecule has 0 radical (unpaired) electrons. The molecule has 4 rings (SSSR count). The lowest BCUT2D eigenvalue weighted by Crippen LogP contribution is -2.42. The number of rotatable bonds is 3. The highest BCUT2D eigenvalue weighted by molar-refractivity contribution is 6.02. The Kier molecular flexibility index (Phi) is 2.00. The van der Waals surface area contributed by atoms with Gasteiger partial charge in [0.1, 0.15) is 0 Å². The highest BCUT2D eigenvalue weighted by Crippen LogP contribution is 2.51. The number of H-pyrrole nitrogens is 1. The molecule has 0 bridgehead atoms. The highest BCUT2D eigenvalue weighted by atomic mass is 16.1. The maximum Gasteiger partial charge on any atom is 0.252 e. The summed E-state index contributed by atoms with van der Waals surface area (Å²) in [4.78, 5) is 12.5. The Balaban J connectivity index is 1.61. The number of carbonyl (C=O) groups is 1. The lowest BCUT2D eigenvalue weighted by molar-refractivity contribution is -0.118. The average Bonchev–Trinajstić information content (AvgIpc) is 2.87. The molecule has 1 heterocycles. The van der Waals surface area contributed by atoms with Gasteiger partial charge in [0.2, 0.25) is 0 Å². The van der Waals surface area contributed by atoms with E-state index in [0.717, 1.165) is 12.0 Å². The number of aromatic nitrogens is 4. The second-order valence-corrected chi connectivity index (χ2v) is 5.71. The number of hydrogen-bond donors (Lipinski definition) is 2. The Labute approximate surface area is 115 Å². The molecule has 2 N–H and O–H groups in total. The molecule has 1 saturated carbocycles. The van der Waals surface area contributed by atoms with E-state index in [2.05, 4.69) is 32.0 Å². The molecule has 0 aromatic carbocycles. The first-order chi connectivity index (χ1) is 9.56. The first-order valence-corrected chi connectivity index (χ1v) is 6.49. The van der Waals surface area contributed by atoms with Crippen molar-refractivity contribution >= 4 is 5.91 Å². The molecule has 6 nitrogen and oxygen atoms in total. The first-order valence-electron chi connectivity index (χ1n) is 6.49. The molecule has 3 aliphatic rings. The van der Waals surface area contributed by atoms with Crippen LogP contribution in [0.3, 0.4) is 0 Å². The van der Waals surface area contributed by atoms with Crippen LogP contribution in [0.1, 0.15) is 26.1 Å². The van der Waals surface area contributed by atoms with Crippen molar-refractivity contribution in [2.75, 3.05) is 0 Å². The maximum atomic E-state index is 12.5. The minimum atomic E-state index is -0.671. The Bertz CT molecular complexity index is 747. The Hall–Kier alpha value is -2.50. The van der Waals surface area contributed by atoms with Crippen LogP contribution >= 0.6 is 0 Å². The molecule has 6 heteroatoms. The fraction of sp³-hybridized carbons (Fsp3) is 0.286. The monoisotopic (exact) mass is 267 g/mol. The minimum absolute atomic E-state index is 0.111. The summed E-state index contributed by atoms with van der Waals surface area (Å²) in [7, 11) is 0. The summed E-state index contributed by atoms with van der Waals surface area (Å²) >= 11 is 0. The van der Waals surface area contributed by atoms with Gasteiger partial charge in [-0.05, 0) is 54.7 Å². The zero-order chi connectivity index (χ0) is 13.9. The summed E-state index contributed by atoms with van der Waals surface area (Å²) in [5.74, 6) is 0.351. The second-order valence-electron chi connectivity index (χ2n) is 5.71. The van der Waals surface area contributed by atoms with Gasteiger partial charge < -0.3 is 5.32 Å². The van der Waals surface area contributed by atoms with E-state index >= 15 is 0 Å². The van der Waals surface area contributed by atoms with E-state index in [9.17, 15) is 4.79 Å². The lowest BCUT2D eigenvalue weighted by atomic mass is 10.0.